The Bertz CT molecular complexity index is 297. The van der Waals surface area contributed by atoms with Gasteiger partial charge in [-0.25, -0.2) is 0 Å². The molecule has 0 amide bonds. The third kappa shape index (κ3) is 10.9. The van der Waals surface area contributed by atoms with E-state index in [2.05, 4.69) is 34.2 Å². The molecule has 0 bridgehead atoms. The van der Waals surface area contributed by atoms with E-state index in [0.29, 0.717) is 12.8 Å². The molecule has 0 aromatic carbocycles. The van der Waals surface area contributed by atoms with Gasteiger partial charge in [0.2, 0.25) is 0 Å². The highest BCUT2D eigenvalue weighted by atomic mass is 33.1. The van der Waals surface area contributed by atoms with Gasteiger partial charge in [0, 0.05) is 47.3 Å². The standard InChI is InChI=1S/C12H10S2/c1-3-5-7-9-11-13-14-12-10-8-6-4-2/h1-2H,5-8H2. The quantitative estimate of drug-likeness (QED) is 0.405. The van der Waals surface area contributed by atoms with Crippen LogP contribution in [-0.2, 0) is 0 Å². The SMILES string of the molecule is C#CCCC#CSSC#CCCC#C. The second-order valence-electron chi connectivity index (χ2n) is 2.13. The van der Waals surface area contributed by atoms with Crippen molar-refractivity contribution in [3.05, 3.63) is 0 Å². The molecule has 0 saturated carbocycles. The summed E-state index contributed by atoms with van der Waals surface area (Å²) in [7, 11) is 2.85. The third-order valence-corrected chi connectivity index (χ3v) is 2.35. The van der Waals surface area contributed by atoms with E-state index >= 15 is 0 Å². The van der Waals surface area contributed by atoms with Crippen molar-refractivity contribution in [1.29, 1.82) is 0 Å². The van der Waals surface area contributed by atoms with Crippen molar-refractivity contribution in [2.75, 3.05) is 0 Å². The van der Waals surface area contributed by atoms with Gasteiger partial charge < -0.3 is 0 Å². The van der Waals surface area contributed by atoms with Gasteiger partial charge in [0.05, 0.1) is 0 Å². The Hall–Kier alpha value is -1.06. The summed E-state index contributed by atoms with van der Waals surface area (Å²) in [4.78, 5) is 0. The molecule has 0 unspecified atom stereocenters. The van der Waals surface area contributed by atoms with Gasteiger partial charge in [-0.05, 0) is 10.5 Å². The van der Waals surface area contributed by atoms with Gasteiger partial charge in [0.15, 0.2) is 0 Å². The van der Waals surface area contributed by atoms with Gasteiger partial charge in [-0.1, -0.05) is 11.8 Å². The minimum atomic E-state index is 0.714. The van der Waals surface area contributed by atoms with Crippen LogP contribution < -0.4 is 0 Å². The predicted molar refractivity (Wildman–Crippen MR) is 66.9 cm³/mol. The minimum Gasteiger partial charge on any atom is -0.120 e. The molecule has 0 atom stereocenters. The smallest absolute Gasteiger partial charge is 0.0208 e. The molecule has 0 aliphatic rings. The summed E-state index contributed by atoms with van der Waals surface area (Å²) in [5.74, 6) is 10.9. The van der Waals surface area contributed by atoms with Crippen molar-refractivity contribution >= 4 is 21.6 Å². The lowest BCUT2D eigenvalue weighted by molar-refractivity contribution is 1.12. The Labute approximate surface area is 94.4 Å². The molecule has 14 heavy (non-hydrogen) atoms. The fourth-order valence-corrected chi connectivity index (χ4v) is 1.48. The molecule has 0 saturated heterocycles. The van der Waals surface area contributed by atoms with Crippen molar-refractivity contribution < 1.29 is 0 Å². The van der Waals surface area contributed by atoms with E-state index in [1.54, 1.807) is 0 Å². The van der Waals surface area contributed by atoms with Gasteiger partial charge in [-0.2, -0.15) is 0 Å². The second kappa shape index (κ2) is 11.9. The van der Waals surface area contributed by atoms with Crippen LogP contribution in [0.15, 0.2) is 0 Å². The molecular formula is C12H10S2. The zero-order valence-electron chi connectivity index (χ0n) is 7.80. The summed E-state index contributed by atoms with van der Waals surface area (Å²) in [6.07, 6.45) is 13.1. The van der Waals surface area contributed by atoms with E-state index in [-0.39, 0.29) is 0 Å². The Balaban J connectivity index is 3.34. The van der Waals surface area contributed by atoms with Crippen LogP contribution in [-0.4, -0.2) is 0 Å². The first-order valence-corrected chi connectivity index (χ1v) is 6.22. The minimum absolute atomic E-state index is 0.714. The number of hydrogen-bond donors (Lipinski definition) is 0. The van der Waals surface area contributed by atoms with Crippen LogP contribution in [0.1, 0.15) is 25.7 Å². The highest BCUT2D eigenvalue weighted by Crippen LogP contribution is 2.17. The van der Waals surface area contributed by atoms with Crippen molar-refractivity contribution in [2.24, 2.45) is 0 Å². The maximum Gasteiger partial charge on any atom is 0.0208 e. The van der Waals surface area contributed by atoms with Gasteiger partial charge in [0.1, 0.15) is 0 Å². The Morgan fingerprint density at radius 3 is 1.50 bits per heavy atom. The molecule has 0 aliphatic heterocycles. The Morgan fingerprint density at radius 2 is 1.14 bits per heavy atom. The Morgan fingerprint density at radius 1 is 0.714 bits per heavy atom. The average Bonchev–Trinajstić information content (AvgIpc) is 2.21. The summed E-state index contributed by atoms with van der Waals surface area (Å²) < 4.78 is 0. The van der Waals surface area contributed by atoms with Crippen LogP contribution in [0.4, 0.5) is 0 Å². The molecule has 0 aromatic heterocycles. The van der Waals surface area contributed by atoms with Crippen molar-refractivity contribution in [2.45, 2.75) is 25.7 Å². The first-order valence-electron chi connectivity index (χ1n) is 4.07. The van der Waals surface area contributed by atoms with Crippen LogP contribution in [0.5, 0.6) is 0 Å². The first kappa shape index (κ1) is 12.9. The molecule has 0 spiro atoms. The van der Waals surface area contributed by atoms with E-state index in [1.807, 2.05) is 0 Å². The first-order chi connectivity index (χ1) is 6.91. The number of rotatable bonds is 3. The molecule has 0 rings (SSSR count). The summed E-state index contributed by atoms with van der Waals surface area (Å²) in [6, 6.07) is 0. The fourth-order valence-electron chi connectivity index (χ4n) is 0.472. The van der Waals surface area contributed by atoms with Crippen LogP contribution in [0.3, 0.4) is 0 Å². The third-order valence-electron chi connectivity index (χ3n) is 1.06. The van der Waals surface area contributed by atoms with E-state index in [1.165, 1.54) is 21.6 Å². The van der Waals surface area contributed by atoms with Gasteiger partial charge in [-0.3, -0.25) is 0 Å². The molecule has 0 aromatic rings. The summed E-state index contributed by atoms with van der Waals surface area (Å²) >= 11 is 0. The van der Waals surface area contributed by atoms with E-state index in [0.717, 1.165) is 12.8 Å². The topological polar surface area (TPSA) is 0 Å². The molecule has 0 N–H and O–H groups in total. The van der Waals surface area contributed by atoms with Gasteiger partial charge in [0.25, 0.3) is 0 Å². The van der Waals surface area contributed by atoms with E-state index < -0.39 is 0 Å². The van der Waals surface area contributed by atoms with E-state index in [4.69, 9.17) is 12.8 Å². The molecule has 70 valence electrons. The molecule has 0 aliphatic carbocycles. The maximum absolute atomic E-state index is 5.07. The summed E-state index contributed by atoms with van der Waals surface area (Å²) in [5, 5.41) is 5.80. The lowest BCUT2D eigenvalue weighted by Crippen LogP contribution is -1.62. The van der Waals surface area contributed by atoms with Crippen molar-refractivity contribution in [1.82, 2.24) is 0 Å². The normalized spacial score (nSPS) is 7.00. The zero-order valence-corrected chi connectivity index (χ0v) is 9.43. The molecule has 2 heteroatoms. The highest BCUT2D eigenvalue weighted by molar-refractivity contribution is 8.80. The summed E-state index contributed by atoms with van der Waals surface area (Å²) in [6.45, 7) is 0. The fraction of sp³-hybridized carbons (Fsp3) is 0.333. The predicted octanol–water partition coefficient (Wildman–Crippen LogP) is 3.12. The monoisotopic (exact) mass is 218 g/mol. The zero-order chi connectivity index (χ0) is 10.5. The molecule has 0 nitrogen and oxygen atoms in total. The largest absolute Gasteiger partial charge is 0.120 e. The van der Waals surface area contributed by atoms with Gasteiger partial charge in [-0.15, -0.1) is 24.7 Å². The van der Waals surface area contributed by atoms with Crippen molar-refractivity contribution in [3.8, 4) is 47.0 Å². The second-order valence-corrected chi connectivity index (χ2v) is 3.87. The number of unbranched alkanes of at least 4 members (excludes halogenated alkanes) is 2. The van der Waals surface area contributed by atoms with Crippen molar-refractivity contribution in [3.63, 3.8) is 0 Å². The van der Waals surface area contributed by atoms with Crippen LogP contribution in [0, 0.1) is 47.0 Å². The highest BCUT2D eigenvalue weighted by Gasteiger charge is 1.77. The molecule has 0 fully saturated rings. The van der Waals surface area contributed by atoms with Crippen LogP contribution in [0.2, 0.25) is 0 Å². The lowest BCUT2D eigenvalue weighted by Gasteiger charge is -1.79. The maximum atomic E-state index is 5.07. The number of terminal acetylenes is 2. The Kier molecular flexibility index (Phi) is 11.0. The summed E-state index contributed by atoms with van der Waals surface area (Å²) in [5.41, 5.74) is 0. The molecular weight excluding hydrogens is 208 g/mol. The molecule has 0 heterocycles. The average molecular weight is 218 g/mol. The lowest BCUT2D eigenvalue weighted by atomic mass is 10.3. The number of hydrogen-bond acceptors (Lipinski definition) is 2. The molecule has 0 radical (unpaired) electrons. The van der Waals surface area contributed by atoms with Crippen LogP contribution in [0.25, 0.3) is 0 Å². The van der Waals surface area contributed by atoms with Gasteiger partial charge >= 0.3 is 0 Å². The van der Waals surface area contributed by atoms with E-state index in [9.17, 15) is 0 Å². The van der Waals surface area contributed by atoms with Crippen LogP contribution >= 0.6 is 21.6 Å².